The van der Waals surface area contributed by atoms with Crippen LogP contribution in [0, 0.1) is 0 Å². The maximum atomic E-state index is 12.7. The third kappa shape index (κ3) is 3.78. The van der Waals surface area contributed by atoms with Gasteiger partial charge in [-0.05, 0) is 18.9 Å². The van der Waals surface area contributed by atoms with Gasteiger partial charge in [-0.3, -0.25) is 19.2 Å². The molecule has 7 heteroatoms. The molecule has 1 fully saturated rings. The Morgan fingerprint density at radius 1 is 1.26 bits per heavy atom. The summed E-state index contributed by atoms with van der Waals surface area (Å²) in [5.41, 5.74) is 2.31. The highest BCUT2D eigenvalue weighted by Gasteiger charge is 2.24. The first-order valence-electron chi connectivity index (χ1n) is 9.21. The molecule has 4 rings (SSSR count). The molecule has 140 valence electrons. The summed E-state index contributed by atoms with van der Waals surface area (Å²) in [6, 6.07) is 7.99. The van der Waals surface area contributed by atoms with Gasteiger partial charge in [0.05, 0.1) is 18.3 Å². The lowest BCUT2D eigenvalue weighted by Gasteiger charge is -2.31. The van der Waals surface area contributed by atoms with E-state index in [0.29, 0.717) is 12.1 Å². The number of para-hydroxylation sites is 1. The van der Waals surface area contributed by atoms with Gasteiger partial charge in [-0.25, -0.2) is 0 Å². The van der Waals surface area contributed by atoms with Gasteiger partial charge in [0.25, 0.3) is 5.91 Å². The van der Waals surface area contributed by atoms with Crippen molar-refractivity contribution in [1.29, 1.82) is 0 Å². The molecule has 3 heterocycles. The molecule has 0 bridgehead atoms. The van der Waals surface area contributed by atoms with Gasteiger partial charge in [0.15, 0.2) is 5.78 Å². The number of piperidine rings is 1. The zero-order chi connectivity index (χ0) is 18.8. The highest BCUT2D eigenvalue weighted by molar-refractivity contribution is 6.08. The molecule has 0 spiro atoms. The number of Topliss-reactive ketones (excluding diaryl/α,β-unsaturated/α-hetero) is 1. The molecule has 7 nitrogen and oxygen atoms in total. The van der Waals surface area contributed by atoms with Gasteiger partial charge in [0.2, 0.25) is 0 Å². The number of carbonyl (C=O) groups is 2. The highest BCUT2D eigenvalue weighted by Crippen LogP contribution is 2.19. The fourth-order valence-electron chi connectivity index (χ4n) is 3.63. The number of aryl methyl sites for hydroxylation is 1. The number of nitrogens with one attached hydrogen (secondary N) is 2. The molecular weight excluding hydrogens is 342 g/mol. The summed E-state index contributed by atoms with van der Waals surface area (Å²) in [5.74, 6) is 0.0433. The van der Waals surface area contributed by atoms with E-state index in [-0.39, 0.29) is 17.7 Å². The van der Waals surface area contributed by atoms with E-state index in [0.717, 1.165) is 42.4 Å². The third-order valence-electron chi connectivity index (χ3n) is 5.15. The van der Waals surface area contributed by atoms with Gasteiger partial charge in [-0.1, -0.05) is 18.2 Å². The molecule has 0 atom stereocenters. The van der Waals surface area contributed by atoms with E-state index in [1.54, 1.807) is 30.3 Å². The first kappa shape index (κ1) is 17.5. The third-order valence-corrected chi connectivity index (χ3v) is 5.15. The summed E-state index contributed by atoms with van der Waals surface area (Å²) < 4.78 is 1.62. The number of rotatable bonds is 5. The second kappa shape index (κ2) is 7.36. The maximum absolute atomic E-state index is 12.7. The molecule has 2 aromatic heterocycles. The van der Waals surface area contributed by atoms with Gasteiger partial charge in [0.1, 0.15) is 0 Å². The minimum atomic E-state index is -0.0866. The number of likely N-dealkylation sites (tertiary alicyclic amines) is 1. The molecule has 2 N–H and O–H groups in total. The Kier molecular flexibility index (Phi) is 4.77. The van der Waals surface area contributed by atoms with Crippen molar-refractivity contribution in [1.82, 2.24) is 25.0 Å². The first-order chi connectivity index (χ1) is 13.1. The standard InChI is InChI=1S/C20H23N5O2/c1-24-12-14(10-22-24)20(27)23-15-6-8-25(9-7-15)13-19(26)17-11-21-18-5-3-2-4-16(17)18/h2-5,10-12,15,21H,6-9,13H2,1H3,(H,23,27). The summed E-state index contributed by atoms with van der Waals surface area (Å²) in [4.78, 5) is 30.2. The van der Waals surface area contributed by atoms with Crippen LogP contribution >= 0.6 is 0 Å². The van der Waals surface area contributed by atoms with Crippen molar-refractivity contribution >= 4 is 22.6 Å². The fourth-order valence-corrected chi connectivity index (χ4v) is 3.63. The number of hydrogen-bond acceptors (Lipinski definition) is 4. The molecule has 0 radical (unpaired) electrons. The molecule has 1 aromatic carbocycles. The number of aromatic nitrogens is 3. The second-order valence-electron chi connectivity index (χ2n) is 7.10. The minimum Gasteiger partial charge on any atom is -0.360 e. The van der Waals surface area contributed by atoms with E-state index in [1.807, 2.05) is 24.3 Å². The number of nitrogens with zero attached hydrogens (tertiary/aromatic N) is 3. The summed E-state index contributed by atoms with van der Waals surface area (Å²) in [7, 11) is 1.79. The number of benzene rings is 1. The number of fused-ring (bicyclic) bond motifs is 1. The normalized spacial score (nSPS) is 15.9. The topological polar surface area (TPSA) is 83.0 Å². The van der Waals surface area contributed by atoms with Crippen molar-refractivity contribution in [2.45, 2.75) is 18.9 Å². The van der Waals surface area contributed by atoms with Gasteiger partial charge in [-0.15, -0.1) is 0 Å². The van der Waals surface area contributed by atoms with Crippen molar-refractivity contribution in [3.05, 3.63) is 54.0 Å². The van der Waals surface area contributed by atoms with E-state index in [4.69, 9.17) is 0 Å². The van der Waals surface area contributed by atoms with Crippen LogP contribution in [-0.4, -0.2) is 57.0 Å². The molecule has 1 saturated heterocycles. The molecular formula is C20H23N5O2. The van der Waals surface area contributed by atoms with Gasteiger partial charge in [-0.2, -0.15) is 5.10 Å². The lowest BCUT2D eigenvalue weighted by molar-refractivity contribution is 0.0860. The monoisotopic (exact) mass is 365 g/mol. The number of carbonyl (C=O) groups excluding carboxylic acids is 2. The molecule has 0 aliphatic carbocycles. The predicted molar refractivity (Wildman–Crippen MR) is 103 cm³/mol. The predicted octanol–water partition coefficient (Wildman–Crippen LogP) is 1.98. The van der Waals surface area contributed by atoms with Crippen molar-refractivity contribution < 1.29 is 9.59 Å². The van der Waals surface area contributed by atoms with Crippen LogP contribution in [0.5, 0.6) is 0 Å². The highest BCUT2D eigenvalue weighted by atomic mass is 16.1. The Hall–Kier alpha value is -2.93. The Balaban J connectivity index is 1.30. The maximum Gasteiger partial charge on any atom is 0.254 e. The SMILES string of the molecule is Cn1cc(C(=O)NC2CCN(CC(=O)c3c[nH]c4ccccc34)CC2)cn1. The second-order valence-corrected chi connectivity index (χ2v) is 7.10. The quantitative estimate of drug-likeness (QED) is 0.677. The molecule has 3 aromatic rings. The number of hydrogen-bond donors (Lipinski definition) is 2. The lowest BCUT2D eigenvalue weighted by atomic mass is 10.0. The van der Waals surface area contributed by atoms with Crippen LogP contribution < -0.4 is 5.32 Å². The number of H-pyrrole nitrogens is 1. The largest absolute Gasteiger partial charge is 0.360 e. The molecule has 1 aliphatic heterocycles. The van der Waals surface area contributed by atoms with Crippen molar-refractivity contribution in [3.63, 3.8) is 0 Å². The Labute approximate surface area is 157 Å². The van der Waals surface area contributed by atoms with E-state index >= 15 is 0 Å². The Morgan fingerprint density at radius 2 is 2.04 bits per heavy atom. The van der Waals surface area contributed by atoms with Crippen LogP contribution in [0.15, 0.2) is 42.9 Å². The Bertz CT molecular complexity index is 966. The summed E-state index contributed by atoms with van der Waals surface area (Å²) >= 11 is 0. The van der Waals surface area contributed by atoms with Crippen molar-refractivity contribution in [2.24, 2.45) is 7.05 Å². The fraction of sp³-hybridized carbons (Fsp3) is 0.350. The van der Waals surface area contributed by atoms with E-state index in [2.05, 4.69) is 20.3 Å². The number of amides is 1. The van der Waals surface area contributed by atoms with Gasteiger partial charge >= 0.3 is 0 Å². The van der Waals surface area contributed by atoms with Crippen LogP contribution in [0.25, 0.3) is 10.9 Å². The van der Waals surface area contributed by atoms with Gasteiger partial charge in [0, 0.05) is 55.0 Å². The first-order valence-corrected chi connectivity index (χ1v) is 9.21. The van der Waals surface area contributed by atoms with E-state index in [9.17, 15) is 9.59 Å². The summed E-state index contributed by atoms with van der Waals surface area (Å²) in [6.07, 6.45) is 6.77. The van der Waals surface area contributed by atoms with Crippen molar-refractivity contribution in [2.75, 3.05) is 19.6 Å². The van der Waals surface area contributed by atoms with Crippen LogP contribution in [0.2, 0.25) is 0 Å². The van der Waals surface area contributed by atoms with Crippen LogP contribution in [0.1, 0.15) is 33.6 Å². The molecule has 0 saturated carbocycles. The zero-order valence-corrected chi connectivity index (χ0v) is 15.3. The number of aromatic amines is 1. The molecule has 0 unspecified atom stereocenters. The average molecular weight is 365 g/mol. The molecule has 1 aliphatic rings. The van der Waals surface area contributed by atoms with Crippen LogP contribution in [-0.2, 0) is 7.05 Å². The van der Waals surface area contributed by atoms with Crippen LogP contribution in [0.4, 0.5) is 0 Å². The summed E-state index contributed by atoms with van der Waals surface area (Å²) in [6.45, 7) is 2.00. The smallest absolute Gasteiger partial charge is 0.254 e. The van der Waals surface area contributed by atoms with Crippen molar-refractivity contribution in [3.8, 4) is 0 Å². The van der Waals surface area contributed by atoms with Crippen LogP contribution in [0.3, 0.4) is 0 Å². The lowest BCUT2D eigenvalue weighted by Crippen LogP contribution is -2.45. The zero-order valence-electron chi connectivity index (χ0n) is 15.3. The summed E-state index contributed by atoms with van der Waals surface area (Å²) in [5, 5.41) is 8.07. The average Bonchev–Trinajstić information content (AvgIpc) is 3.29. The van der Waals surface area contributed by atoms with Gasteiger partial charge < -0.3 is 10.3 Å². The minimum absolute atomic E-state index is 0.0866. The molecule has 1 amide bonds. The van der Waals surface area contributed by atoms with E-state index in [1.165, 1.54) is 0 Å². The van der Waals surface area contributed by atoms with E-state index < -0.39 is 0 Å². The number of ketones is 1. The molecule has 27 heavy (non-hydrogen) atoms. The Morgan fingerprint density at radius 3 is 2.78 bits per heavy atom.